The van der Waals surface area contributed by atoms with E-state index >= 15 is 0 Å². The molecule has 0 radical (unpaired) electrons. The van der Waals surface area contributed by atoms with E-state index in [1.54, 1.807) is 24.6 Å². The van der Waals surface area contributed by atoms with Crippen molar-refractivity contribution in [1.82, 2.24) is 20.4 Å². The molecule has 0 aliphatic carbocycles. The SMILES string of the molecule is CCNC(=O)NC(=O)C(C)OC(=O)C=Cc1c(C)nn(Cc2ccccc2Cl)c1Cl. The number of hydrogen-bond donors (Lipinski definition) is 2. The Bertz CT molecular complexity index is 972. The molecule has 0 aliphatic rings. The van der Waals surface area contributed by atoms with Gasteiger partial charge in [0, 0.05) is 23.2 Å². The lowest BCUT2D eigenvalue weighted by Gasteiger charge is -2.11. The van der Waals surface area contributed by atoms with Crippen molar-refractivity contribution in [2.75, 3.05) is 6.54 Å². The van der Waals surface area contributed by atoms with Gasteiger partial charge in [0.25, 0.3) is 5.91 Å². The summed E-state index contributed by atoms with van der Waals surface area (Å²) in [6.07, 6.45) is 1.46. The maximum absolute atomic E-state index is 12.0. The second kappa shape index (κ2) is 10.8. The predicted octanol–water partition coefficient (Wildman–Crippen LogP) is 3.34. The fourth-order valence-corrected chi connectivity index (χ4v) is 2.98. The van der Waals surface area contributed by atoms with Crippen LogP contribution in [0.5, 0.6) is 0 Å². The molecule has 0 saturated carbocycles. The largest absolute Gasteiger partial charge is 0.449 e. The van der Waals surface area contributed by atoms with Gasteiger partial charge in [-0.25, -0.2) is 14.3 Å². The van der Waals surface area contributed by atoms with Crippen molar-refractivity contribution in [2.24, 2.45) is 0 Å². The molecule has 1 aromatic heterocycles. The summed E-state index contributed by atoms with van der Waals surface area (Å²) in [5.41, 5.74) is 2.00. The number of esters is 1. The summed E-state index contributed by atoms with van der Waals surface area (Å²) in [6.45, 7) is 5.56. The summed E-state index contributed by atoms with van der Waals surface area (Å²) < 4.78 is 6.58. The Morgan fingerprint density at radius 3 is 2.63 bits per heavy atom. The second-order valence-electron chi connectivity index (χ2n) is 6.30. The Morgan fingerprint density at radius 1 is 1.27 bits per heavy atom. The van der Waals surface area contributed by atoms with Crippen molar-refractivity contribution in [3.05, 3.63) is 57.3 Å². The number of nitrogens with zero attached hydrogens (tertiary/aromatic N) is 2. The zero-order valence-corrected chi connectivity index (χ0v) is 18.3. The highest BCUT2D eigenvalue weighted by molar-refractivity contribution is 6.32. The number of halogens is 2. The van der Waals surface area contributed by atoms with E-state index in [0.29, 0.717) is 34.5 Å². The highest BCUT2D eigenvalue weighted by Gasteiger charge is 2.19. The molecule has 1 heterocycles. The molecule has 1 unspecified atom stereocenters. The first-order valence-electron chi connectivity index (χ1n) is 9.16. The van der Waals surface area contributed by atoms with Crippen LogP contribution in [-0.4, -0.2) is 40.3 Å². The van der Waals surface area contributed by atoms with E-state index in [1.807, 2.05) is 18.2 Å². The molecule has 0 fully saturated rings. The normalized spacial score (nSPS) is 11.9. The molecule has 0 bridgehead atoms. The van der Waals surface area contributed by atoms with Crippen molar-refractivity contribution >= 4 is 47.2 Å². The van der Waals surface area contributed by atoms with E-state index in [4.69, 9.17) is 27.9 Å². The predicted molar refractivity (Wildman–Crippen MR) is 114 cm³/mol. The summed E-state index contributed by atoms with van der Waals surface area (Å²) in [7, 11) is 0. The number of urea groups is 1. The molecule has 0 aliphatic heterocycles. The van der Waals surface area contributed by atoms with Crippen molar-refractivity contribution in [3.8, 4) is 0 Å². The number of nitrogens with one attached hydrogen (secondary N) is 2. The zero-order valence-electron chi connectivity index (χ0n) is 16.7. The summed E-state index contributed by atoms with van der Waals surface area (Å²) >= 11 is 12.6. The number of aryl methyl sites for hydroxylation is 1. The molecule has 160 valence electrons. The van der Waals surface area contributed by atoms with Crippen LogP contribution in [0.4, 0.5) is 4.79 Å². The first kappa shape index (κ1) is 23.4. The topological polar surface area (TPSA) is 102 Å². The molecule has 0 spiro atoms. The van der Waals surface area contributed by atoms with E-state index in [0.717, 1.165) is 11.6 Å². The van der Waals surface area contributed by atoms with Gasteiger partial charge < -0.3 is 10.1 Å². The molecule has 30 heavy (non-hydrogen) atoms. The van der Waals surface area contributed by atoms with Crippen LogP contribution >= 0.6 is 23.2 Å². The van der Waals surface area contributed by atoms with E-state index < -0.39 is 24.0 Å². The Hall–Kier alpha value is -2.84. The van der Waals surface area contributed by atoms with Gasteiger partial charge in [-0.2, -0.15) is 5.10 Å². The fourth-order valence-electron chi connectivity index (χ4n) is 2.49. The van der Waals surface area contributed by atoms with Crippen LogP contribution in [0.25, 0.3) is 6.08 Å². The minimum absolute atomic E-state index is 0.332. The fraction of sp³-hybridized carbons (Fsp3) is 0.300. The van der Waals surface area contributed by atoms with Gasteiger partial charge in [-0.3, -0.25) is 10.1 Å². The smallest absolute Gasteiger partial charge is 0.331 e. The Labute approximate surface area is 184 Å². The summed E-state index contributed by atoms with van der Waals surface area (Å²) in [5.74, 6) is -1.49. The van der Waals surface area contributed by atoms with Crippen LogP contribution < -0.4 is 10.6 Å². The van der Waals surface area contributed by atoms with Crippen molar-refractivity contribution in [2.45, 2.75) is 33.4 Å². The molecule has 2 N–H and O–H groups in total. The number of aromatic nitrogens is 2. The highest BCUT2D eigenvalue weighted by Crippen LogP contribution is 2.24. The van der Waals surface area contributed by atoms with Crippen molar-refractivity contribution in [1.29, 1.82) is 0 Å². The lowest BCUT2D eigenvalue weighted by atomic mass is 10.2. The van der Waals surface area contributed by atoms with Crippen LogP contribution in [-0.2, 0) is 20.9 Å². The molecule has 1 aromatic carbocycles. The molecule has 2 rings (SSSR count). The van der Waals surface area contributed by atoms with Gasteiger partial charge in [0.2, 0.25) is 0 Å². The number of carbonyl (C=O) groups is 3. The average Bonchev–Trinajstić information content (AvgIpc) is 2.95. The number of imide groups is 1. The van der Waals surface area contributed by atoms with Gasteiger partial charge in [-0.1, -0.05) is 41.4 Å². The Kier molecular flexibility index (Phi) is 8.44. The van der Waals surface area contributed by atoms with Gasteiger partial charge in [0.05, 0.1) is 12.2 Å². The van der Waals surface area contributed by atoms with E-state index in [-0.39, 0.29) is 0 Å². The molecule has 1 atom stereocenters. The highest BCUT2D eigenvalue weighted by atomic mass is 35.5. The average molecular weight is 453 g/mol. The first-order valence-corrected chi connectivity index (χ1v) is 9.92. The van der Waals surface area contributed by atoms with Crippen molar-refractivity contribution < 1.29 is 19.1 Å². The van der Waals surface area contributed by atoms with Gasteiger partial charge in [-0.05, 0) is 38.5 Å². The van der Waals surface area contributed by atoms with Crippen LogP contribution in [0, 0.1) is 6.92 Å². The second-order valence-corrected chi connectivity index (χ2v) is 7.07. The minimum atomic E-state index is -1.15. The summed E-state index contributed by atoms with van der Waals surface area (Å²) in [5, 5.41) is 9.79. The zero-order chi connectivity index (χ0) is 22.3. The number of carbonyl (C=O) groups excluding carboxylic acids is 3. The van der Waals surface area contributed by atoms with Crippen molar-refractivity contribution in [3.63, 3.8) is 0 Å². The molecule has 8 nitrogen and oxygen atoms in total. The number of amides is 3. The standard InChI is InChI=1S/C20H22Cl2N4O4/c1-4-23-20(29)24-19(28)13(3)30-17(27)10-9-15-12(2)25-26(18(15)22)11-14-7-5-6-8-16(14)21/h5-10,13H,4,11H2,1-3H3,(H2,23,24,28,29). The van der Waals surface area contributed by atoms with Gasteiger partial charge in [-0.15, -0.1) is 0 Å². The molecule has 10 heteroatoms. The Balaban J connectivity index is 2.02. The quantitative estimate of drug-likeness (QED) is 0.495. The minimum Gasteiger partial charge on any atom is -0.449 e. The van der Waals surface area contributed by atoms with Crippen LogP contribution in [0.15, 0.2) is 30.3 Å². The van der Waals surface area contributed by atoms with E-state index in [9.17, 15) is 14.4 Å². The van der Waals surface area contributed by atoms with Crippen LogP contribution in [0.3, 0.4) is 0 Å². The first-order chi connectivity index (χ1) is 14.2. The molecule has 2 aromatic rings. The maximum Gasteiger partial charge on any atom is 0.331 e. The lowest BCUT2D eigenvalue weighted by Crippen LogP contribution is -2.44. The maximum atomic E-state index is 12.0. The summed E-state index contributed by atoms with van der Waals surface area (Å²) in [4.78, 5) is 35.2. The van der Waals surface area contributed by atoms with E-state index in [1.165, 1.54) is 13.0 Å². The lowest BCUT2D eigenvalue weighted by molar-refractivity contribution is -0.149. The molecular formula is C20H22Cl2N4O4. The number of rotatable bonds is 7. The molecule has 0 saturated heterocycles. The summed E-state index contributed by atoms with van der Waals surface area (Å²) in [6, 6.07) is 6.69. The van der Waals surface area contributed by atoms with Gasteiger partial charge >= 0.3 is 12.0 Å². The number of ether oxygens (including phenoxy) is 1. The monoisotopic (exact) mass is 452 g/mol. The number of benzene rings is 1. The van der Waals surface area contributed by atoms with Crippen LogP contribution in [0.1, 0.15) is 30.7 Å². The third kappa shape index (κ3) is 6.33. The van der Waals surface area contributed by atoms with Gasteiger partial charge in [0.15, 0.2) is 6.10 Å². The molecule has 3 amide bonds. The Morgan fingerprint density at radius 2 is 1.97 bits per heavy atom. The molecular weight excluding hydrogens is 431 g/mol. The third-order valence-corrected chi connectivity index (χ3v) is 4.78. The van der Waals surface area contributed by atoms with E-state index in [2.05, 4.69) is 15.7 Å². The van der Waals surface area contributed by atoms with Crippen LogP contribution in [0.2, 0.25) is 10.2 Å². The van der Waals surface area contributed by atoms with Gasteiger partial charge in [0.1, 0.15) is 5.15 Å². The number of hydrogen-bond acceptors (Lipinski definition) is 5. The third-order valence-electron chi connectivity index (χ3n) is 4.01.